The van der Waals surface area contributed by atoms with E-state index >= 15 is 0 Å². The van der Waals surface area contributed by atoms with Crippen LogP contribution < -0.4 is 11.5 Å². The number of nitrogens with two attached hydrogens (primary N) is 2. The maximum Gasteiger partial charge on any atom is 0.403 e. The summed E-state index contributed by atoms with van der Waals surface area (Å²) < 4.78 is 53.4. The Labute approximate surface area is 107 Å². The molecule has 6 heteroatoms. The summed E-state index contributed by atoms with van der Waals surface area (Å²) in [4.78, 5) is 0. The van der Waals surface area contributed by atoms with Crippen molar-refractivity contribution in [2.45, 2.75) is 17.6 Å². The molecule has 102 valence electrons. The van der Waals surface area contributed by atoms with Crippen molar-refractivity contribution in [1.29, 1.82) is 0 Å². The van der Waals surface area contributed by atoms with Gasteiger partial charge in [-0.1, -0.05) is 18.2 Å². The summed E-state index contributed by atoms with van der Waals surface area (Å²) in [7, 11) is 0. The van der Waals surface area contributed by atoms with Crippen molar-refractivity contribution in [2.75, 3.05) is 0 Å². The van der Waals surface area contributed by atoms with E-state index in [1.807, 2.05) is 0 Å². The van der Waals surface area contributed by atoms with Crippen molar-refractivity contribution in [2.24, 2.45) is 11.5 Å². The van der Waals surface area contributed by atoms with Crippen LogP contribution in [0.3, 0.4) is 0 Å². The minimum atomic E-state index is -4.64. The molecule has 2 nitrogen and oxygen atoms in total. The Balaban J connectivity index is 2.66. The molecule has 0 saturated heterocycles. The third-order valence-corrected chi connectivity index (χ3v) is 3.21. The Morgan fingerprint density at radius 1 is 1.11 bits per heavy atom. The Morgan fingerprint density at radius 2 is 1.68 bits per heavy atom. The van der Waals surface area contributed by atoms with E-state index in [-0.39, 0.29) is 11.3 Å². The lowest BCUT2D eigenvalue weighted by atomic mass is 9.71. The molecule has 0 aromatic heterocycles. The summed E-state index contributed by atoms with van der Waals surface area (Å²) in [5.41, 5.74) is 8.52. The van der Waals surface area contributed by atoms with Gasteiger partial charge < -0.3 is 11.5 Å². The van der Waals surface area contributed by atoms with Crippen molar-refractivity contribution in [3.63, 3.8) is 0 Å². The van der Waals surface area contributed by atoms with Gasteiger partial charge >= 0.3 is 6.18 Å². The van der Waals surface area contributed by atoms with Crippen LogP contribution in [0.25, 0.3) is 0 Å². The smallest absolute Gasteiger partial charge is 0.399 e. The molecule has 0 saturated carbocycles. The van der Waals surface area contributed by atoms with E-state index < -0.39 is 23.5 Å². The zero-order valence-corrected chi connectivity index (χ0v) is 9.79. The lowest BCUT2D eigenvalue weighted by molar-refractivity contribution is -0.179. The minimum absolute atomic E-state index is 0.0247. The van der Waals surface area contributed by atoms with Crippen molar-refractivity contribution in [3.8, 4) is 0 Å². The van der Waals surface area contributed by atoms with Crippen LogP contribution in [0, 0.1) is 5.82 Å². The van der Waals surface area contributed by atoms with Gasteiger partial charge in [0.15, 0.2) is 0 Å². The summed E-state index contributed by atoms with van der Waals surface area (Å²) in [5.74, 6) is -0.613. The molecule has 2 atom stereocenters. The number of benzene rings is 1. The number of rotatable bonds is 1. The molecule has 1 aromatic carbocycles. The molecule has 2 rings (SSSR count). The molecule has 0 fully saturated rings. The van der Waals surface area contributed by atoms with E-state index in [1.165, 1.54) is 12.2 Å². The molecule has 0 bridgehead atoms. The number of hydrogen-bond donors (Lipinski definition) is 2. The molecule has 1 aromatic rings. The fourth-order valence-electron chi connectivity index (χ4n) is 2.21. The highest BCUT2D eigenvalue weighted by Crippen LogP contribution is 2.46. The molecule has 1 aliphatic carbocycles. The van der Waals surface area contributed by atoms with Gasteiger partial charge in [-0.2, -0.15) is 13.2 Å². The lowest BCUT2D eigenvalue weighted by Gasteiger charge is -2.39. The van der Waals surface area contributed by atoms with Crippen LogP contribution in [0.2, 0.25) is 0 Å². The summed E-state index contributed by atoms with van der Waals surface area (Å²) in [6.45, 7) is 0. The quantitative estimate of drug-likeness (QED) is 0.771. The SMILES string of the molecule is NC1=CC(c2ccc(F)cc2)(C(F)(F)F)C(N)C=C1. The van der Waals surface area contributed by atoms with Gasteiger partial charge in [0.25, 0.3) is 0 Å². The topological polar surface area (TPSA) is 52.0 Å². The molecule has 0 amide bonds. The molecule has 0 heterocycles. The Hall–Kier alpha value is -1.82. The summed E-state index contributed by atoms with van der Waals surface area (Å²) in [6, 6.07) is 2.78. The van der Waals surface area contributed by atoms with Gasteiger partial charge in [-0.05, 0) is 29.8 Å². The fraction of sp³-hybridized carbons (Fsp3) is 0.231. The Morgan fingerprint density at radius 3 is 2.21 bits per heavy atom. The number of alkyl halides is 3. The normalized spacial score (nSPS) is 27.2. The monoisotopic (exact) mass is 272 g/mol. The van der Waals surface area contributed by atoms with Gasteiger partial charge in [-0.15, -0.1) is 0 Å². The predicted octanol–water partition coefficient (Wildman–Crippen LogP) is 2.37. The average Bonchev–Trinajstić information content (AvgIpc) is 2.32. The van der Waals surface area contributed by atoms with Gasteiger partial charge in [0.1, 0.15) is 11.2 Å². The minimum Gasteiger partial charge on any atom is -0.399 e. The van der Waals surface area contributed by atoms with E-state index in [2.05, 4.69) is 0 Å². The zero-order valence-electron chi connectivity index (χ0n) is 9.79. The highest BCUT2D eigenvalue weighted by Gasteiger charge is 2.58. The molecule has 1 aliphatic rings. The number of hydrogen-bond acceptors (Lipinski definition) is 2. The first-order valence-electron chi connectivity index (χ1n) is 5.52. The van der Waals surface area contributed by atoms with Gasteiger partial charge in [-0.25, -0.2) is 4.39 Å². The summed E-state index contributed by atoms with van der Waals surface area (Å²) in [6.07, 6.45) is -1.23. The van der Waals surface area contributed by atoms with E-state index in [9.17, 15) is 17.6 Å². The predicted molar refractivity (Wildman–Crippen MR) is 63.5 cm³/mol. The maximum atomic E-state index is 13.5. The Kier molecular flexibility index (Phi) is 3.14. The van der Waals surface area contributed by atoms with Crippen LogP contribution in [0.4, 0.5) is 17.6 Å². The first-order chi connectivity index (χ1) is 8.77. The van der Waals surface area contributed by atoms with Crippen LogP contribution >= 0.6 is 0 Å². The molecule has 19 heavy (non-hydrogen) atoms. The zero-order chi connectivity index (χ0) is 14.3. The second kappa shape index (κ2) is 4.38. The van der Waals surface area contributed by atoms with Crippen LogP contribution in [0.1, 0.15) is 5.56 Å². The number of halogens is 4. The van der Waals surface area contributed by atoms with Gasteiger partial charge in [-0.3, -0.25) is 0 Å². The molecule has 4 N–H and O–H groups in total. The van der Waals surface area contributed by atoms with Crippen molar-refractivity contribution in [1.82, 2.24) is 0 Å². The molecular weight excluding hydrogens is 260 g/mol. The Bertz CT molecular complexity index is 531. The average molecular weight is 272 g/mol. The molecule has 0 aliphatic heterocycles. The van der Waals surface area contributed by atoms with E-state index in [0.29, 0.717) is 0 Å². The van der Waals surface area contributed by atoms with Crippen LogP contribution in [0.5, 0.6) is 0 Å². The molecule has 0 radical (unpaired) electrons. The van der Waals surface area contributed by atoms with Crippen molar-refractivity contribution < 1.29 is 17.6 Å². The van der Waals surface area contributed by atoms with E-state index in [4.69, 9.17) is 11.5 Å². The summed E-state index contributed by atoms with van der Waals surface area (Å²) >= 11 is 0. The fourth-order valence-corrected chi connectivity index (χ4v) is 2.21. The third-order valence-electron chi connectivity index (χ3n) is 3.21. The third kappa shape index (κ3) is 2.12. The summed E-state index contributed by atoms with van der Waals surface area (Å²) in [5, 5.41) is 0. The second-order valence-electron chi connectivity index (χ2n) is 4.40. The van der Waals surface area contributed by atoms with Crippen molar-refractivity contribution in [3.05, 3.63) is 59.6 Å². The molecule has 0 spiro atoms. The van der Waals surface area contributed by atoms with Crippen molar-refractivity contribution >= 4 is 0 Å². The second-order valence-corrected chi connectivity index (χ2v) is 4.40. The molecule has 2 unspecified atom stereocenters. The number of allylic oxidation sites excluding steroid dienone is 1. The molecular formula is C13H12F4N2. The van der Waals surface area contributed by atoms with Crippen LogP contribution in [-0.2, 0) is 5.41 Å². The van der Waals surface area contributed by atoms with Crippen LogP contribution in [-0.4, -0.2) is 12.2 Å². The first-order valence-corrected chi connectivity index (χ1v) is 5.52. The van der Waals surface area contributed by atoms with E-state index in [0.717, 1.165) is 30.3 Å². The highest BCUT2D eigenvalue weighted by atomic mass is 19.4. The highest BCUT2D eigenvalue weighted by molar-refractivity contribution is 5.44. The maximum absolute atomic E-state index is 13.5. The van der Waals surface area contributed by atoms with E-state index in [1.54, 1.807) is 0 Å². The van der Waals surface area contributed by atoms with Crippen LogP contribution in [0.15, 0.2) is 48.2 Å². The standard InChI is InChI=1S/C13H12F4N2/c14-9-3-1-8(2-4-9)12(13(15,16)17)7-10(18)5-6-11(12)19/h1-7,11H,18-19H2. The van der Waals surface area contributed by atoms with Gasteiger partial charge in [0.05, 0.1) is 0 Å². The first kappa shape index (κ1) is 13.6. The lowest BCUT2D eigenvalue weighted by Crippen LogP contribution is -2.54. The largest absolute Gasteiger partial charge is 0.403 e. The van der Waals surface area contributed by atoms with Gasteiger partial charge in [0.2, 0.25) is 0 Å². The van der Waals surface area contributed by atoms with Gasteiger partial charge in [0, 0.05) is 11.7 Å².